The van der Waals surface area contributed by atoms with Crippen molar-refractivity contribution in [2.24, 2.45) is 0 Å². The lowest BCUT2D eigenvalue weighted by atomic mass is 9.98. The first kappa shape index (κ1) is 49.2. The van der Waals surface area contributed by atoms with Crippen molar-refractivity contribution in [3.63, 3.8) is 0 Å². The molecular formula is C42H75NO12. The van der Waals surface area contributed by atoms with Crippen LogP contribution < -0.4 is 10.1 Å². The zero-order valence-electron chi connectivity index (χ0n) is 33.6. The Labute approximate surface area is 329 Å². The summed E-state index contributed by atoms with van der Waals surface area (Å²) >= 11 is 0. The summed E-state index contributed by atoms with van der Waals surface area (Å²) in [5.41, 5.74) is 0.635. The van der Waals surface area contributed by atoms with Gasteiger partial charge in [-0.05, 0) is 37.0 Å². The van der Waals surface area contributed by atoms with E-state index in [1.165, 1.54) is 51.4 Å². The third kappa shape index (κ3) is 19.4. The Balaban J connectivity index is 1.75. The summed E-state index contributed by atoms with van der Waals surface area (Å²) in [6, 6.07) is 5.92. The van der Waals surface area contributed by atoms with Crippen molar-refractivity contribution >= 4 is 5.91 Å². The van der Waals surface area contributed by atoms with Crippen molar-refractivity contribution in [1.29, 1.82) is 0 Å². The number of hydrogen-bond acceptors (Lipinski definition) is 12. The number of carbonyl (C=O) groups is 1. The van der Waals surface area contributed by atoms with Gasteiger partial charge in [0, 0.05) is 6.42 Å². The molecule has 55 heavy (non-hydrogen) atoms. The molecule has 1 saturated heterocycles. The lowest BCUT2D eigenvalue weighted by Gasteiger charge is -2.40. The average Bonchev–Trinajstić information content (AvgIpc) is 3.19. The molecule has 0 bridgehead atoms. The van der Waals surface area contributed by atoms with E-state index in [4.69, 9.17) is 14.2 Å². The summed E-state index contributed by atoms with van der Waals surface area (Å²) in [5, 5.41) is 85.8. The Hall–Kier alpha value is -1.91. The van der Waals surface area contributed by atoms with E-state index in [1.54, 1.807) is 31.4 Å². The van der Waals surface area contributed by atoms with Crippen LogP contribution in [0.4, 0.5) is 0 Å². The van der Waals surface area contributed by atoms with Crippen LogP contribution in [0.1, 0.15) is 153 Å². The number of benzene rings is 1. The molecule has 1 fully saturated rings. The van der Waals surface area contributed by atoms with Gasteiger partial charge in [-0.2, -0.15) is 0 Å². The maximum absolute atomic E-state index is 13.0. The summed E-state index contributed by atoms with van der Waals surface area (Å²) in [6.45, 7) is 1.24. The van der Waals surface area contributed by atoms with Crippen molar-refractivity contribution in [1.82, 2.24) is 5.32 Å². The minimum absolute atomic E-state index is 0.185. The molecule has 2 unspecified atom stereocenters. The van der Waals surface area contributed by atoms with Gasteiger partial charge in [-0.25, -0.2) is 0 Å². The molecular weight excluding hydrogens is 710 g/mol. The Morgan fingerprint density at radius 2 is 1.22 bits per heavy atom. The topological polar surface area (TPSA) is 219 Å². The van der Waals surface area contributed by atoms with Crippen LogP contribution in [0, 0.1) is 0 Å². The van der Waals surface area contributed by atoms with Gasteiger partial charge in [0.2, 0.25) is 5.91 Å². The highest BCUT2D eigenvalue weighted by molar-refractivity contribution is 5.76. The smallest absolute Gasteiger partial charge is 0.220 e. The maximum Gasteiger partial charge on any atom is 0.220 e. The molecule has 10 atom stereocenters. The molecule has 0 aliphatic carbocycles. The molecule has 1 heterocycles. The molecule has 1 aromatic carbocycles. The highest BCUT2D eigenvalue weighted by Gasteiger charge is 2.44. The molecule has 0 aromatic heterocycles. The van der Waals surface area contributed by atoms with Crippen molar-refractivity contribution < 1.29 is 59.9 Å². The summed E-state index contributed by atoms with van der Waals surface area (Å²) in [7, 11) is 1.57. The lowest BCUT2D eigenvalue weighted by molar-refractivity contribution is -0.303. The van der Waals surface area contributed by atoms with Crippen molar-refractivity contribution in [2.75, 3.05) is 20.3 Å². The van der Waals surface area contributed by atoms with Crippen LogP contribution in [0.3, 0.4) is 0 Å². The molecule has 1 amide bonds. The highest BCUT2D eigenvalue weighted by atomic mass is 16.7. The first-order valence-electron chi connectivity index (χ1n) is 21.1. The Kier molecular flexibility index (Phi) is 26.3. The largest absolute Gasteiger partial charge is 0.497 e. The van der Waals surface area contributed by atoms with Gasteiger partial charge in [0.25, 0.3) is 0 Å². The maximum atomic E-state index is 13.0. The molecule has 1 aliphatic heterocycles. The van der Waals surface area contributed by atoms with Gasteiger partial charge in [-0.3, -0.25) is 4.79 Å². The lowest BCUT2D eigenvalue weighted by Crippen LogP contribution is -2.60. The van der Waals surface area contributed by atoms with E-state index in [1.807, 2.05) is 0 Å². The summed E-state index contributed by atoms with van der Waals surface area (Å²) in [6.07, 6.45) is 8.07. The zero-order valence-corrected chi connectivity index (χ0v) is 33.6. The van der Waals surface area contributed by atoms with Crippen molar-refractivity contribution in [3.8, 4) is 5.75 Å². The van der Waals surface area contributed by atoms with Crippen LogP contribution in [0.2, 0.25) is 0 Å². The third-order valence-electron chi connectivity index (χ3n) is 10.8. The second-order valence-corrected chi connectivity index (χ2v) is 15.4. The number of carbonyl (C=O) groups excluding carboxylic acids is 1. The van der Waals surface area contributed by atoms with E-state index < -0.39 is 67.8 Å². The predicted molar refractivity (Wildman–Crippen MR) is 210 cm³/mol. The van der Waals surface area contributed by atoms with E-state index >= 15 is 0 Å². The fourth-order valence-electron chi connectivity index (χ4n) is 7.07. The Bertz CT molecular complexity index is 1090. The van der Waals surface area contributed by atoms with Gasteiger partial charge in [0.15, 0.2) is 6.29 Å². The molecule has 9 N–H and O–H groups in total. The van der Waals surface area contributed by atoms with Crippen LogP contribution in [-0.2, 0) is 14.3 Å². The number of hydrogen-bond donors (Lipinski definition) is 9. The first-order valence-corrected chi connectivity index (χ1v) is 21.1. The molecule has 0 spiro atoms. The fraction of sp³-hybridized carbons (Fsp3) is 0.833. The normalized spacial score (nSPS) is 22.8. The quantitative estimate of drug-likeness (QED) is 0.0467. The van der Waals surface area contributed by atoms with E-state index in [9.17, 15) is 45.6 Å². The average molecular weight is 786 g/mol. The van der Waals surface area contributed by atoms with Crippen molar-refractivity contribution in [3.05, 3.63) is 29.8 Å². The van der Waals surface area contributed by atoms with Gasteiger partial charge in [-0.1, -0.05) is 128 Å². The second kappa shape index (κ2) is 29.3. The van der Waals surface area contributed by atoms with Crippen LogP contribution in [0.5, 0.6) is 5.75 Å². The SMILES string of the molecule is CCCCCCCCCCCCCC[C@@H](O)[C@@H](O)[C@H](CO[C@H]1OC(CO)[C@H](O)C(O)[C@@H]1O)NC(=O)CCCCCCCC[C@@H](O)[C@H](O)c1ccc(OC)cc1. The van der Waals surface area contributed by atoms with E-state index in [0.29, 0.717) is 37.0 Å². The molecule has 1 aromatic rings. The number of nitrogens with one attached hydrogen (secondary N) is 1. The highest BCUT2D eigenvalue weighted by Crippen LogP contribution is 2.25. The Morgan fingerprint density at radius 1 is 0.709 bits per heavy atom. The van der Waals surface area contributed by atoms with Crippen LogP contribution in [-0.4, -0.2) is 122 Å². The number of amides is 1. The molecule has 2 rings (SSSR count). The number of aliphatic hydroxyl groups is 8. The van der Waals surface area contributed by atoms with Crippen LogP contribution in [0.15, 0.2) is 24.3 Å². The Morgan fingerprint density at radius 3 is 1.75 bits per heavy atom. The number of ether oxygens (including phenoxy) is 3. The van der Waals surface area contributed by atoms with Gasteiger partial charge >= 0.3 is 0 Å². The van der Waals surface area contributed by atoms with Gasteiger partial charge in [-0.15, -0.1) is 0 Å². The standard InChI is InChI=1S/C42H75NO12/c1-3-4-5-6-7-8-9-10-11-12-15-19-22-34(46)38(49)32(29-54-42-41(52)40(51)39(50)35(28-44)55-42)43-36(47)23-20-17-14-13-16-18-21-33(45)37(48)30-24-26-31(53-2)27-25-30/h24-27,32-35,37-42,44-46,48-52H,3-23,28-29H2,1-2H3,(H,43,47)/t32-,33+,34+,35?,37+,38-,39-,40?,41-,42-/m0/s1. The summed E-state index contributed by atoms with van der Waals surface area (Å²) < 4.78 is 16.2. The molecule has 13 heteroatoms. The third-order valence-corrected chi connectivity index (χ3v) is 10.8. The number of rotatable bonds is 32. The fourth-order valence-corrected chi connectivity index (χ4v) is 7.07. The monoisotopic (exact) mass is 786 g/mol. The molecule has 13 nitrogen and oxygen atoms in total. The van der Waals surface area contributed by atoms with Crippen molar-refractivity contribution in [2.45, 2.75) is 203 Å². The molecule has 320 valence electrons. The van der Waals surface area contributed by atoms with Crippen LogP contribution in [0.25, 0.3) is 0 Å². The first-order chi connectivity index (χ1) is 26.5. The van der Waals surface area contributed by atoms with Crippen LogP contribution >= 0.6 is 0 Å². The van der Waals surface area contributed by atoms with E-state index in [-0.39, 0.29) is 18.9 Å². The minimum atomic E-state index is -1.64. The predicted octanol–water partition coefficient (Wildman–Crippen LogP) is 4.32. The van der Waals surface area contributed by atoms with E-state index in [2.05, 4.69) is 12.2 Å². The number of unbranched alkanes of at least 4 members (excludes halogenated alkanes) is 16. The summed E-state index contributed by atoms with van der Waals surface area (Å²) in [4.78, 5) is 13.0. The second-order valence-electron chi connectivity index (χ2n) is 15.4. The number of aliphatic hydroxyl groups excluding tert-OH is 8. The zero-order chi connectivity index (χ0) is 40.4. The summed E-state index contributed by atoms with van der Waals surface area (Å²) in [5.74, 6) is 0.342. The van der Waals surface area contributed by atoms with E-state index in [0.717, 1.165) is 51.4 Å². The number of methoxy groups -OCH3 is 1. The van der Waals surface area contributed by atoms with Gasteiger partial charge in [0.05, 0.1) is 38.6 Å². The molecule has 1 aliphatic rings. The molecule has 0 radical (unpaired) electrons. The molecule has 0 saturated carbocycles. The van der Waals surface area contributed by atoms with Gasteiger partial charge in [0.1, 0.15) is 42.4 Å². The van der Waals surface area contributed by atoms with Gasteiger partial charge < -0.3 is 60.4 Å². The minimum Gasteiger partial charge on any atom is -0.497 e.